The van der Waals surface area contributed by atoms with Gasteiger partial charge in [-0.2, -0.15) is 0 Å². The number of ketones is 1. The Balaban J connectivity index is 1.79. The van der Waals surface area contributed by atoms with E-state index in [1.54, 1.807) is 30.3 Å². The van der Waals surface area contributed by atoms with Crippen molar-refractivity contribution < 1.29 is 14.3 Å². The summed E-state index contributed by atoms with van der Waals surface area (Å²) < 4.78 is 11.1. The van der Waals surface area contributed by atoms with Gasteiger partial charge in [0.15, 0.2) is 17.3 Å². The SMILES string of the molecule is O=C(/C=C/c1ccc(Cl)s1)c1ccc2c(c1)OCO2. The van der Waals surface area contributed by atoms with Crippen molar-refractivity contribution in [3.05, 3.63) is 51.2 Å². The summed E-state index contributed by atoms with van der Waals surface area (Å²) >= 11 is 7.25. The summed E-state index contributed by atoms with van der Waals surface area (Å²) in [6, 6.07) is 8.83. The monoisotopic (exact) mass is 292 g/mol. The second kappa shape index (κ2) is 5.07. The molecule has 1 aliphatic heterocycles. The molecule has 0 bridgehead atoms. The highest BCUT2D eigenvalue weighted by Crippen LogP contribution is 2.32. The summed E-state index contributed by atoms with van der Waals surface area (Å²) in [6.07, 6.45) is 3.28. The zero-order valence-electron chi connectivity index (χ0n) is 9.76. The van der Waals surface area contributed by atoms with Gasteiger partial charge in [0.1, 0.15) is 0 Å². The fourth-order valence-electron chi connectivity index (χ4n) is 1.72. The largest absolute Gasteiger partial charge is 0.454 e. The first-order chi connectivity index (χ1) is 9.22. The van der Waals surface area contributed by atoms with Gasteiger partial charge in [0.25, 0.3) is 0 Å². The first kappa shape index (κ1) is 12.3. The second-order valence-corrected chi connectivity index (χ2v) is 5.65. The molecule has 0 saturated heterocycles. The molecule has 0 fully saturated rings. The van der Waals surface area contributed by atoms with Gasteiger partial charge in [0.2, 0.25) is 6.79 Å². The Labute approximate surface area is 119 Å². The van der Waals surface area contributed by atoms with Gasteiger partial charge in [-0.1, -0.05) is 11.6 Å². The van der Waals surface area contributed by atoms with Gasteiger partial charge in [0, 0.05) is 10.4 Å². The number of halogens is 1. The molecular weight excluding hydrogens is 284 g/mol. The van der Waals surface area contributed by atoms with Crippen molar-refractivity contribution in [3.63, 3.8) is 0 Å². The number of thiophene rings is 1. The number of hydrogen-bond donors (Lipinski definition) is 0. The van der Waals surface area contributed by atoms with Crippen molar-refractivity contribution >= 4 is 34.8 Å². The van der Waals surface area contributed by atoms with E-state index in [1.165, 1.54) is 17.4 Å². The molecule has 3 nitrogen and oxygen atoms in total. The average molecular weight is 293 g/mol. The molecule has 0 saturated carbocycles. The smallest absolute Gasteiger partial charge is 0.231 e. The number of carbonyl (C=O) groups is 1. The Hall–Kier alpha value is -1.78. The number of benzene rings is 1. The molecule has 1 aromatic heterocycles. The summed E-state index contributed by atoms with van der Waals surface area (Å²) in [5.74, 6) is 1.20. The van der Waals surface area contributed by atoms with Crippen molar-refractivity contribution in [3.8, 4) is 11.5 Å². The Morgan fingerprint density at radius 3 is 2.84 bits per heavy atom. The van der Waals surface area contributed by atoms with Crippen molar-refractivity contribution in [2.75, 3.05) is 6.79 Å². The minimum atomic E-state index is -0.0807. The third-order valence-corrected chi connectivity index (χ3v) is 3.85. The van der Waals surface area contributed by atoms with Gasteiger partial charge < -0.3 is 9.47 Å². The van der Waals surface area contributed by atoms with Crippen molar-refractivity contribution in [1.29, 1.82) is 0 Å². The molecular formula is C14H9ClO3S. The van der Waals surface area contributed by atoms with Gasteiger partial charge in [-0.3, -0.25) is 4.79 Å². The molecule has 96 valence electrons. The van der Waals surface area contributed by atoms with Crippen LogP contribution in [0, 0.1) is 0 Å². The van der Waals surface area contributed by atoms with Crippen LogP contribution >= 0.6 is 22.9 Å². The molecule has 5 heteroatoms. The van der Waals surface area contributed by atoms with Gasteiger partial charge in [0.05, 0.1) is 4.34 Å². The lowest BCUT2D eigenvalue weighted by Crippen LogP contribution is -1.94. The predicted molar refractivity (Wildman–Crippen MR) is 75.3 cm³/mol. The molecule has 3 rings (SSSR count). The van der Waals surface area contributed by atoms with Gasteiger partial charge in [-0.05, 0) is 42.5 Å². The molecule has 2 aromatic rings. The molecule has 0 spiro atoms. The van der Waals surface area contributed by atoms with Crippen LogP contribution in [0.2, 0.25) is 4.34 Å². The van der Waals surface area contributed by atoms with Crippen LogP contribution in [0.1, 0.15) is 15.2 Å². The van der Waals surface area contributed by atoms with E-state index in [1.807, 2.05) is 6.07 Å². The number of allylic oxidation sites excluding steroid dienone is 1. The van der Waals surface area contributed by atoms with Crippen LogP contribution in [0.15, 0.2) is 36.4 Å². The van der Waals surface area contributed by atoms with Gasteiger partial charge in [-0.15, -0.1) is 11.3 Å². The molecule has 0 unspecified atom stereocenters. The number of rotatable bonds is 3. The van der Waals surface area contributed by atoms with E-state index in [0.717, 1.165) is 4.88 Å². The molecule has 19 heavy (non-hydrogen) atoms. The Kier molecular flexibility index (Phi) is 3.27. The number of hydrogen-bond acceptors (Lipinski definition) is 4. The first-order valence-corrected chi connectivity index (χ1v) is 6.79. The highest BCUT2D eigenvalue weighted by atomic mass is 35.5. The van der Waals surface area contributed by atoms with Crippen LogP contribution < -0.4 is 9.47 Å². The number of fused-ring (bicyclic) bond motifs is 1. The van der Waals surface area contributed by atoms with Crippen molar-refractivity contribution in [2.45, 2.75) is 0 Å². The maximum absolute atomic E-state index is 12.0. The normalized spacial score (nSPS) is 13.1. The lowest BCUT2D eigenvalue weighted by Gasteiger charge is -1.98. The lowest BCUT2D eigenvalue weighted by molar-refractivity contribution is 0.104. The van der Waals surface area contributed by atoms with Crippen LogP contribution in [0.4, 0.5) is 0 Å². The Bertz CT molecular complexity index is 660. The Morgan fingerprint density at radius 2 is 2.05 bits per heavy atom. The minimum Gasteiger partial charge on any atom is -0.454 e. The molecule has 0 aliphatic carbocycles. The Morgan fingerprint density at radius 1 is 1.21 bits per heavy atom. The topological polar surface area (TPSA) is 35.5 Å². The third kappa shape index (κ3) is 2.64. The van der Waals surface area contributed by atoms with E-state index in [2.05, 4.69) is 0 Å². The van der Waals surface area contributed by atoms with Gasteiger partial charge in [-0.25, -0.2) is 0 Å². The van der Waals surface area contributed by atoms with Crippen LogP contribution in [0.5, 0.6) is 11.5 Å². The van der Waals surface area contributed by atoms with E-state index in [-0.39, 0.29) is 12.6 Å². The molecule has 1 aliphatic rings. The molecule has 0 N–H and O–H groups in total. The van der Waals surface area contributed by atoms with E-state index >= 15 is 0 Å². The third-order valence-electron chi connectivity index (χ3n) is 2.65. The molecule has 1 aromatic carbocycles. The summed E-state index contributed by atoms with van der Waals surface area (Å²) in [5, 5.41) is 0. The van der Waals surface area contributed by atoms with Crippen LogP contribution in [-0.2, 0) is 0 Å². The molecule has 0 radical (unpaired) electrons. The van der Waals surface area contributed by atoms with Gasteiger partial charge >= 0.3 is 0 Å². The fourth-order valence-corrected chi connectivity index (χ4v) is 2.69. The highest BCUT2D eigenvalue weighted by molar-refractivity contribution is 7.17. The van der Waals surface area contributed by atoms with Crippen LogP contribution in [-0.4, -0.2) is 12.6 Å². The standard InChI is InChI=1S/C14H9ClO3S/c15-14-6-3-10(19-14)2-4-11(16)9-1-5-12-13(7-9)18-8-17-12/h1-7H,8H2/b4-2+. The van der Waals surface area contributed by atoms with E-state index < -0.39 is 0 Å². The molecule has 0 atom stereocenters. The van der Waals surface area contributed by atoms with E-state index in [9.17, 15) is 4.79 Å². The second-order valence-electron chi connectivity index (χ2n) is 3.91. The molecule has 2 heterocycles. The first-order valence-electron chi connectivity index (χ1n) is 5.60. The van der Waals surface area contributed by atoms with Crippen LogP contribution in [0.3, 0.4) is 0 Å². The van der Waals surface area contributed by atoms with E-state index in [4.69, 9.17) is 21.1 Å². The summed E-state index contributed by atoms with van der Waals surface area (Å²) in [7, 11) is 0. The number of ether oxygens (including phenoxy) is 2. The highest BCUT2D eigenvalue weighted by Gasteiger charge is 2.15. The van der Waals surface area contributed by atoms with Crippen LogP contribution in [0.25, 0.3) is 6.08 Å². The summed E-state index contributed by atoms with van der Waals surface area (Å²) in [4.78, 5) is 13.0. The maximum Gasteiger partial charge on any atom is 0.231 e. The average Bonchev–Trinajstić information content (AvgIpc) is 3.03. The lowest BCUT2D eigenvalue weighted by atomic mass is 10.1. The van der Waals surface area contributed by atoms with E-state index in [0.29, 0.717) is 21.4 Å². The number of carbonyl (C=O) groups excluding carboxylic acids is 1. The predicted octanol–water partition coefficient (Wildman–Crippen LogP) is 4.03. The maximum atomic E-state index is 12.0. The fraction of sp³-hybridized carbons (Fsp3) is 0.0714. The summed E-state index contributed by atoms with van der Waals surface area (Å²) in [6.45, 7) is 0.205. The van der Waals surface area contributed by atoms with Crippen molar-refractivity contribution in [2.24, 2.45) is 0 Å². The zero-order valence-corrected chi connectivity index (χ0v) is 11.3. The van der Waals surface area contributed by atoms with Crippen molar-refractivity contribution in [1.82, 2.24) is 0 Å². The quantitative estimate of drug-likeness (QED) is 0.633. The zero-order chi connectivity index (χ0) is 13.2. The summed E-state index contributed by atoms with van der Waals surface area (Å²) in [5.41, 5.74) is 0.572. The molecule has 0 amide bonds. The minimum absolute atomic E-state index is 0.0807.